The van der Waals surface area contributed by atoms with E-state index in [4.69, 9.17) is 25.8 Å². The zero-order valence-corrected chi connectivity index (χ0v) is 14.1. The number of benzene rings is 2. The van der Waals surface area contributed by atoms with Crippen molar-refractivity contribution in [3.8, 4) is 11.5 Å². The summed E-state index contributed by atoms with van der Waals surface area (Å²) in [6.45, 7) is 0. The molecule has 3 atom stereocenters. The van der Waals surface area contributed by atoms with Gasteiger partial charge in [0, 0.05) is 5.38 Å². The Morgan fingerprint density at radius 1 is 0.870 bits per heavy atom. The predicted octanol–water partition coefficient (Wildman–Crippen LogP) is 4.90. The van der Waals surface area contributed by atoms with Crippen LogP contribution in [-0.4, -0.2) is 19.6 Å². The van der Waals surface area contributed by atoms with E-state index < -0.39 is 0 Å². The summed E-state index contributed by atoms with van der Waals surface area (Å²) in [6, 6.07) is 16.1. The smallest absolute Gasteiger partial charge is 0.161 e. The molecule has 0 bridgehead atoms. The highest BCUT2D eigenvalue weighted by molar-refractivity contribution is 6.20. The van der Waals surface area contributed by atoms with E-state index in [1.165, 1.54) is 5.56 Å². The van der Waals surface area contributed by atoms with Gasteiger partial charge in [0.15, 0.2) is 11.5 Å². The van der Waals surface area contributed by atoms with Crippen LogP contribution in [0, 0.1) is 0 Å². The molecule has 0 amide bonds. The summed E-state index contributed by atoms with van der Waals surface area (Å²) in [5, 5.41) is 0.0899. The molecule has 3 nitrogen and oxygen atoms in total. The van der Waals surface area contributed by atoms with Gasteiger partial charge in [0.2, 0.25) is 0 Å². The summed E-state index contributed by atoms with van der Waals surface area (Å²) in [5.74, 6) is 1.43. The molecule has 1 fully saturated rings. The van der Waals surface area contributed by atoms with Crippen molar-refractivity contribution in [1.29, 1.82) is 0 Å². The van der Waals surface area contributed by atoms with Gasteiger partial charge in [-0.25, -0.2) is 0 Å². The molecule has 1 aliphatic rings. The lowest BCUT2D eigenvalue weighted by Crippen LogP contribution is -2.23. The van der Waals surface area contributed by atoms with E-state index in [9.17, 15) is 0 Å². The molecular weight excluding hydrogens is 312 g/mol. The second-order valence-corrected chi connectivity index (χ2v) is 6.32. The van der Waals surface area contributed by atoms with E-state index in [2.05, 4.69) is 12.1 Å². The highest BCUT2D eigenvalue weighted by atomic mass is 35.5. The molecule has 0 aromatic heterocycles. The number of methoxy groups -OCH3 is 2. The van der Waals surface area contributed by atoms with Gasteiger partial charge < -0.3 is 14.2 Å². The molecule has 0 N–H and O–H groups in total. The van der Waals surface area contributed by atoms with Crippen LogP contribution in [0.1, 0.15) is 36.2 Å². The maximum atomic E-state index is 6.50. The Hall–Kier alpha value is -1.71. The van der Waals surface area contributed by atoms with Crippen LogP contribution in [0.3, 0.4) is 0 Å². The molecule has 2 aromatic rings. The van der Waals surface area contributed by atoms with E-state index in [1.54, 1.807) is 14.2 Å². The number of hydrogen-bond acceptors (Lipinski definition) is 3. The van der Waals surface area contributed by atoms with Crippen molar-refractivity contribution in [1.82, 2.24) is 0 Å². The first kappa shape index (κ1) is 16.2. The average molecular weight is 333 g/mol. The molecule has 0 spiro atoms. The van der Waals surface area contributed by atoms with Gasteiger partial charge in [-0.2, -0.15) is 0 Å². The van der Waals surface area contributed by atoms with E-state index in [-0.39, 0.29) is 17.6 Å². The summed E-state index contributed by atoms with van der Waals surface area (Å²) >= 11 is 6.50. The van der Waals surface area contributed by atoms with E-state index in [1.807, 2.05) is 36.4 Å². The molecule has 2 aromatic carbocycles. The fourth-order valence-electron chi connectivity index (χ4n) is 3.02. The molecule has 1 aliphatic heterocycles. The molecule has 0 radical (unpaired) electrons. The number of halogens is 1. The van der Waals surface area contributed by atoms with Gasteiger partial charge in [0.25, 0.3) is 0 Å². The summed E-state index contributed by atoms with van der Waals surface area (Å²) in [6.07, 6.45) is 1.59. The van der Waals surface area contributed by atoms with Crippen LogP contribution < -0.4 is 9.47 Å². The highest BCUT2D eigenvalue weighted by Gasteiger charge is 2.30. The van der Waals surface area contributed by atoms with Crippen LogP contribution in [-0.2, 0) is 4.74 Å². The molecule has 0 saturated carbocycles. The number of rotatable bonds is 4. The lowest BCUT2D eigenvalue weighted by molar-refractivity contribution is -0.0517. The van der Waals surface area contributed by atoms with E-state index in [0.29, 0.717) is 11.5 Å². The monoisotopic (exact) mass is 332 g/mol. The normalized spacial score (nSPS) is 24.2. The van der Waals surface area contributed by atoms with Crippen LogP contribution in [0.2, 0.25) is 0 Å². The van der Waals surface area contributed by atoms with Gasteiger partial charge in [-0.1, -0.05) is 36.4 Å². The number of hydrogen-bond donors (Lipinski definition) is 0. The molecule has 3 rings (SSSR count). The van der Waals surface area contributed by atoms with Gasteiger partial charge in [0.1, 0.15) is 0 Å². The van der Waals surface area contributed by atoms with Gasteiger partial charge in [-0.3, -0.25) is 0 Å². The minimum absolute atomic E-state index is 0.0190. The summed E-state index contributed by atoms with van der Waals surface area (Å²) in [5.41, 5.74) is 2.23. The lowest BCUT2D eigenvalue weighted by atomic mass is 9.94. The van der Waals surface area contributed by atoms with E-state index >= 15 is 0 Å². The first-order valence-electron chi connectivity index (χ1n) is 7.77. The largest absolute Gasteiger partial charge is 0.493 e. The van der Waals surface area contributed by atoms with Crippen molar-refractivity contribution < 1.29 is 14.2 Å². The fraction of sp³-hybridized carbons (Fsp3) is 0.368. The molecule has 122 valence electrons. The average Bonchev–Trinajstić information content (AvgIpc) is 2.61. The quantitative estimate of drug-likeness (QED) is 0.745. The first-order chi connectivity index (χ1) is 11.2. The van der Waals surface area contributed by atoms with E-state index in [0.717, 1.165) is 18.4 Å². The van der Waals surface area contributed by atoms with Crippen LogP contribution in [0.25, 0.3) is 0 Å². The maximum Gasteiger partial charge on any atom is 0.161 e. The Kier molecular flexibility index (Phi) is 5.09. The van der Waals surface area contributed by atoms with Crippen molar-refractivity contribution in [3.05, 3.63) is 59.7 Å². The fourth-order valence-corrected chi connectivity index (χ4v) is 3.34. The van der Waals surface area contributed by atoms with Gasteiger partial charge in [0.05, 0.1) is 26.4 Å². The molecule has 4 heteroatoms. The summed E-state index contributed by atoms with van der Waals surface area (Å²) in [7, 11) is 3.27. The standard InChI is InChI=1S/C19H21ClO3/c1-21-16-9-8-14(10-19(16)22-2)18-12-15(20)11-17(23-18)13-6-4-3-5-7-13/h3-10,15,17-18H,11-12H2,1-2H3/t15-,17-,18+/m0/s1. The Labute approximate surface area is 142 Å². The predicted molar refractivity (Wildman–Crippen MR) is 91.4 cm³/mol. The molecule has 23 heavy (non-hydrogen) atoms. The number of alkyl halides is 1. The van der Waals surface area contributed by atoms with Crippen molar-refractivity contribution in [2.45, 2.75) is 30.4 Å². The van der Waals surface area contributed by atoms with Gasteiger partial charge in [-0.05, 0) is 36.1 Å². The molecule has 1 saturated heterocycles. The number of ether oxygens (including phenoxy) is 3. The first-order valence-corrected chi connectivity index (χ1v) is 8.21. The van der Waals surface area contributed by atoms with Crippen molar-refractivity contribution in [2.75, 3.05) is 14.2 Å². The van der Waals surface area contributed by atoms with Crippen LogP contribution in [0.5, 0.6) is 11.5 Å². The molecule has 0 aliphatic carbocycles. The Morgan fingerprint density at radius 3 is 2.17 bits per heavy atom. The summed E-state index contributed by atoms with van der Waals surface area (Å²) < 4.78 is 17.0. The molecule has 1 heterocycles. The second-order valence-electron chi connectivity index (χ2n) is 5.71. The molecular formula is C19H21ClO3. The molecule has 0 unspecified atom stereocenters. The zero-order chi connectivity index (χ0) is 16.2. The second kappa shape index (κ2) is 7.24. The highest BCUT2D eigenvalue weighted by Crippen LogP contribution is 2.42. The minimum Gasteiger partial charge on any atom is -0.493 e. The third-order valence-electron chi connectivity index (χ3n) is 4.22. The van der Waals surface area contributed by atoms with Crippen molar-refractivity contribution in [2.24, 2.45) is 0 Å². The Balaban J connectivity index is 1.84. The summed E-state index contributed by atoms with van der Waals surface area (Å²) in [4.78, 5) is 0. The third-order valence-corrected chi connectivity index (χ3v) is 4.58. The lowest BCUT2D eigenvalue weighted by Gasteiger charge is -2.33. The Bertz CT molecular complexity index is 644. The topological polar surface area (TPSA) is 27.7 Å². The van der Waals surface area contributed by atoms with Gasteiger partial charge >= 0.3 is 0 Å². The zero-order valence-electron chi connectivity index (χ0n) is 13.4. The van der Waals surface area contributed by atoms with Crippen molar-refractivity contribution >= 4 is 11.6 Å². The Morgan fingerprint density at radius 2 is 1.52 bits per heavy atom. The van der Waals surface area contributed by atoms with Crippen LogP contribution in [0.15, 0.2) is 48.5 Å². The van der Waals surface area contributed by atoms with Crippen LogP contribution in [0.4, 0.5) is 0 Å². The third kappa shape index (κ3) is 3.62. The van der Waals surface area contributed by atoms with Crippen molar-refractivity contribution in [3.63, 3.8) is 0 Å². The maximum absolute atomic E-state index is 6.50. The van der Waals surface area contributed by atoms with Crippen LogP contribution >= 0.6 is 11.6 Å². The SMILES string of the molecule is COc1ccc([C@H]2C[C@@H](Cl)C[C@@H](c3ccccc3)O2)cc1OC. The van der Waals surface area contributed by atoms with Gasteiger partial charge in [-0.15, -0.1) is 11.6 Å². The minimum atomic E-state index is -0.0451.